The van der Waals surface area contributed by atoms with Crippen molar-refractivity contribution in [1.82, 2.24) is 14.8 Å². The minimum atomic E-state index is -4.54. The molecule has 4 aromatic rings. The van der Waals surface area contributed by atoms with E-state index in [0.29, 0.717) is 16.9 Å². The van der Waals surface area contributed by atoms with E-state index in [9.17, 15) is 21.6 Å². The number of halogens is 3. The Morgan fingerprint density at radius 3 is 2.36 bits per heavy atom. The largest absolute Gasteiger partial charge is 0.416 e. The number of fused-ring (bicyclic) bond motifs is 1. The highest BCUT2D eigenvalue weighted by Gasteiger charge is 2.31. The Morgan fingerprint density at radius 2 is 1.73 bits per heavy atom. The van der Waals surface area contributed by atoms with Crippen molar-refractivity contribution in [3.8, 4) is 16.9 Å². The zero-order valence-corrected chi connectivity index (χ0v) is 18.5. The molecule has 0 unspecified atom stereocenters. The molecule has 5 rings (SSSR count). The average Bonchev–Trinajstić information content (AvgIpc) is 3.57. The maximum absolute atomic E-state index is 13.3. The zero-order chi connectivity index (χ0) is 23.4. The summed E-state index contributed by atoms with van der Waals surface area (Å²) in [6.45, 7) is 1.51. The number of nitrogens with zero attached hydrogens (tertiary/aromatic N) is 3. The van der Waals surface area contributed by atoms with E-state index in [0.717, 1.165) is 22.4 Å². The van der Waals surface area contributed by atoms with Gasteiger partial charge in [-0.1, -0.05) is 37.3 Å². The molecule has 1 aliphatic carbocycles. The van der Waals surface area contributed by atoms with Crippen LogP contribution in [0.3, 0.4) is 0 Å². The number of sulfone groups is 1. The van der Waals surface area contributed by atoms with Crippen LogP contribution in [-0.2, 0) is 16.0 Å². The fourth-order valence-electron chi connectivity index (χ4n) is 3.87. The number of hydrogen-bond donors (Lipinski definition) is 0. The van der Waals surface area contributed by atoms with E-state index in [2.05, 4.69) is 10.1 Å². The second-order valence-electron chi connectivity index (χ2n) is 8.17. The maximum atomic E-state index is 13.3. The molecule has 0 spiro atoms. The molecule has 0 atom stereocenters. The highest BCUT2D eigenvalue weighted by atomic mass is 32.2. The first-order valence-electron chi connectivity index (χ1n) is 10.6. The topological polar surface area (TPSA) is 64.8 Å². The van der Waals surface area contributed by atoms with Crippen molar-refractivity contribution in [3.05, 3.63) is 72.1 Å². The molecular formula is C24H20F3N3O2S. The van der Waals surface area contributed by atoms with Crippen LogP contribution in [0.5, 0.6) is 0 Å². The molecule has 2 aromatic heterocycles. The van der Waals surface area contributed by atoms with Gasteiger partial charge < -0.3 is 0 Å². The van der Waals surface area contributed by atoms with Gasteiger partial charge in [-0.15, -0.1) is 0 Å². The van der Waals surface area contributed by atoms with Crippen molar-refractivity contribution in [2.45, 2.75) is 36.8 Å². The van der Waals surface area contributed by atoms with Gasteiger partial charge in [0.1, 0.15) is 4.90 Å². The summed E-state index contributed by atoms with van der Waals surface area (Å²) in [6.07, 6.45) is 0.748. The molecule has 0 aliphatic heterocycles. The van der Waals surface area contributed by atoms with Crippen LogP contribution < -0.4 is 0 Å². The van der Waals surface area contributed by atoms with Crippen LogP contribution in [0.2, 0.25) is 0 Å². The van der Waals surface area contributed by atoms with Gasteiger partial charge in [0.15, 0.2) is 15.7 Å². The average molecular weight is 472 g/mol. The molecule has 33 heavy (non-hydrogen) atoms. The van der Waals surface area contributed by atoms with Crippen molar-refractivity contribution < 1.29 is 21.6 Å². The Labute approximate surface area is 188 Å². The molecule has 1 saturated carbocycles. The van der Waals surface area contributed by atoms with Gasteiger partial charge in [-0.2, -0.15) is 18.3 Å². The van der Waals surface area contributed by atoms with Crippen molar-refractivity contribution in [2.75, 3.05) is 5.75 Å². The third-order valence-corrected chi connectivity index (χ3v) is 7.67. The molecular weight excluding hydrogens is 451 g/mol. The first-order valence-corrected chi connectivity index (χ1v) is 12.2. The van der Waals surface area contributed by atoms with E-state index in [1.54, 1.807) is 0 Å². The zero-order valence-electron chi connectivity index (χ0n) is 17.7. The number of rotatable bonds is 5. The number of benzene rings is 2. The first kappa shape index (κ1) is 21.6. The number of pyridine rings is 1. The molecule has 5 nitrogen and oxygen atoms in total. The summed E-state index contributed by atoms with van der Waals surface area (Å²) in [5.41, 5.74) is 1.97. The minimum absolute atomic E-state index is 0.0236. The molecule has 2 heterocycles. The van der Waals surface area contributed by atoms with Gasteiger partial charge in [-0.05, 0) is 48.1 Å². The maximum Gasteiger partial charge on any atom is 0.416 e. The molecule has 0 saturated heterocycles. The third kappa shape index (κ3) is 4.01. The fraction of sp³-hybridized carbons (Fsp3) is 0.250. The number of hydrogen-bond acceptors (Lipinski definition) is 4. The van der Waals surface area contributed by atoms with Gasteiger partial charge in [-0.3, -0.25) is 0 Å². The van der Waals surface area contributed by atoms with E-state index in [4.69, 9.17) is 0 Å². The third-order valence-electron chi connectivity index (χ3n) is 5.94. The molecule has 0 radical (unpaired) electrons. The van der Waals surface area contributed by atoms with E-state index >= 15 is 0 Å². The predicted octanol–water partition coefficient (Wildman–Crippen LogP) is 5.78. The minimum Gasteiger partial charge on any atom is -0.235 e. The Bertz CT molecular complexity index is 1450. The summed E-state index contributed by atoms with van der Waals surface area (Å²) in [5.74, 6) is 0.397. The van der Waals surface area contributed by atoms with Crippen LogP contribution in [0.15, 0.2) is 65.8 Å². The monoisotopic (exact) mass is 471 g/mol. The SMILES string of the molecule is CCS(=O)(=O)c1cc(-c2ccc(C3CC3)cc2)cnc1-n1ncc2ccc(C(F)(F)F)cc21. The van der Waals surface area contributed by atoms with Gasteiger partial charge in [0.2, 0.25) is 0 Å². The van der Waals surface area contributed by atoms with Gasteiger partial charge >= 0.3 is 6.18 Å². The summed E-state index contributed by atoms with van der Waals surface area (Å²) in [6, 6.07) is 12.7. The van der Waals surface area contributed by atoms with E-state index in [1.807, 2.05) is 24.3 Å². The van der Waals surface area contributed by atoms with Gasteiger partial charge in [0.25, 0.3) is 0 Å². The molecule has 2 aromatic carbocycles. The van der Waals surface area contributed by atoms with Crippen LogP contribution in [0.1, 0.15) is 36.8 Å². The number of alkyl halides is 3. The summed E-state index contributed by atoms with van der Waals surface area (Å²) < 4.78 is 66.8. The lowest BCUT2D eigenvalue weighted by Crippen LogP contribution is -2.12. The van der Waals surface area contributed by atoms with Crippen molar-refractivity contribution in [1.29, 1.82) is 0 Å². The first-order chi connectivity index (χ1) is 15.7. The van der Waals surface area contributed by atoms with E-state index in [-0.39, 0.29) is 22.0 Å². The molecule has 1 fully saturated rings. The van der Waals surface area contributed by atoms with E-state index < -0.39 is 21.6 Å². The molecule has 0 N–H and O–H groups in total. The lowest BCUT2D eigenvalue weighted by molar-refractivity contribution is -0.137. The second kappa shape index (κ2) is 7.69. The highest BCUT2D eigenvalue weighted by molar-refractivity contribution is 7.91. The quantitative estimate of drug-likeness (QED) is 0.370. The fourth-order valence-corrected chi connectivity index (χ4v) is 4.90. The van der Waals surface area contributed by atoms with Crippen LogP contribution in [0, 0.1) is 0 Å². The molecule has 0 bridgehead atoms. The van der Waals surface area contributed by atoms with E-state index in [1.165, 1.54) is 49.9 Å². The van der Waals surface area contributed by atoms with Crippen molar-refractivity contribution in [3.63, 3.8) is 0 Å². The summed E-state index contributed by atoms with van der Waals surface area (Å²) in [5, 5.41) is 4.61. The van der Waals surface area contributed by atoms with Gasteiger partial charge in [0, 0.05) is 17.1 Å². The highest BCUT2D eigenvalue weighted by Crippen LogP contribution is 2.40. The molecule has 0 amide bonds. The van der Waals surface area contributed by atoms with Crippen LogP contribution in [0.4, 0.5) is 13.2 Å². The number of aromatic nitrogens is 3. The summed E-state index contributed by atoms with van der Waals surface area (Å²) >= 11 is 0. The van der Waals surface area contributed by atoms with Crippen molar-refractivity contribution >= 4 is 20.7 Å². The molecule has 1 aliphatic rings. The van der Waals surface area contributed by atoms with Crippen LogP contribution in [0.25, 0.3) is 27.8 Å². The Hall–Kier alpha value is -3.20. The Balaban J connectivity index is 1.66. The van der Waals surface area contributed by atoms with Crippen LogP contribution >= 0.6 is 0 Å². The lowest BCUT2D eigenvalue weighted by Gasteiger charge is -2.13. The molecule has 9 heteroatoms. The molecule has 170 valence electrons. The van der Waals surface area contributed by atoms with Gasteiger partial charge in [0.05, 0.1) is 23.0 Å². The smallest absolute Gasteiger partial charge is 0.235 e. The summed E-state index contributed by atoms with van der Waals surface area (Å²) in [4.78, 5) is 4.29. The summed E-state index contributed by atoms with van der Waals surface area (Å²) in [7, 11) is -3.75. The standard InChI is InChI=1S/C24H20F3N3O2S/c1-2-33(31,32)22-11-19(17-7-5-16(6-8-17)15-3-4-15)13-28-23(22)30-21-12-20(24(25,26)27)10-9-18(21)14-29-30/h5-15H,2-4H2,1H3. The predicted molar refractivity (Wildman–Crippen MR) is 119 cm³/mol. The second-order valence-corrected chi connectivity index (χ2v) is 10.4. The van der Waals surface area contributed by atoms with Gasteiger partial charge in [-0.25, -0.2) is 18.1 Å². The Kier molecular flexibility index (Phi) is 5.04. The van der Waals surface area contributed by atoms with Crippen molar-refractivity contribution in [2.24, 2.45) is 0 Å². The normalized spacial score (nSPS) is 14.7. The Morgan fingerprint density at radius 1 is 1.00 bits per heavy atom. The van der Waals surface area contributed by atoms with Crippen LogP contribution in [-0.4, -0.2) is 28.9 Å². The lowest BCUT2D eigenvalue weighted by atomic mass is 10.0.